The Bertz CT molecular complexity index is 932. The van der Waals surface area contributed by atoms with E-state index in [1.165, 1.54) is 24.3 Å². The Morgan fingerprint density at radius 3 is 2.12 bits per heavy atom. The molecule has 2 aromatic rings. The van der Waals surface area contributed by atoms with Crippen molar-refractivity contribution in [3.8, 4) is 6.07 Å². The highest BCUT2D eigenvalue weighted by molar-refractivity contribution is 6.16. The van der Waals surface area contributed by atoms with E-state index in [0.29, 0.717) is 17.3 Å². The van der Waals surface area contributed by atoms with Crippen LogP contribution in [0.2, 0.25) is 0 Å². The SMILES string of the molecule is N#Cc1ccc(NC(=O)C2(C(=O)Nc3ccc(F)c(F)c3F)CC2)cc1. The van der Waals surface area contributed by atoms with Crippen molar-refractivity contribution in [1.82, 2.24) is 0 Å². The Labute approximate surface area is 146 Å². The van der Waals surface area contributed by atoms with E-state index in [4.69, 9.17) is 5.26 Å². The summed E-state index contributed by atoms with van der Waals surface area (Å²) in [5.41, 5.74) is -1.13. The molecule has 0 spiro atoms. The largest absolute Gasteiger partial charge is 0.325 e. The number of benzene rings is 2. The Balaban J connectivity index is 1.73. The van der Waals surface area contributed by atoms with E-state index in [2.05, 4.69) is 10.6 Å². The lowest BCUT2D eigenvalue weighted by atomic mass is 10.0. The van der Waals surface area contributed by atoms with Crippen LogP contribution in [-0.2, 0) is 9.59 Å². The van der Waals surface area contributed by atoms with Crippen LogP contribution in [0, 0.1) is 34.2 Å². The first-order valence-electron chi connectivity index (χ1n) is 7.64. The first-order chi connectivity index (χ1) is 12.4. The van der Waals surface area contributed by atoms with Gasteiger partial charge in [-0.1, -0.05) is 0 Å². The van der Waals surface area contributed by atoms with Crippen molar-refractivity contribution in [2.45, 2.75) is 12.8 Å². The number of amides is 2. The van der Waals surface area contributed by atoms with Crippen LogP contribution < -0.4 is 10.6 Å². The summed E-state index contributed by atoms with van der Waals surface area (Å²) in [7, 11) is 0. The van der Waals surface area contributed by atoms with E-state index in [1.54, 1.807) is 0 Å². The first-order valence-corrected chi connectivity index (χ1v) is 7.64. The normalized spacial score (nSPS) is 14.2. The van der Waals surface area contributed by atoms with Gasteiger partial charge in [-0.05, 0) is 49.2 Å². The molecule has 1 saturated carbocycles. The van der Waals surface area contributed by atoms with Crippen LogP contribution in [0.3, 0.4) is 0 Å². The molecule has 132 valence electrons. The van der Waals surface area contributed by atoms with Gasteiger partial charge in [-0.3, -0.25) is 9.59 Å². The lowest BCUT2D eigenvalue weighted by Gasteiger charge is -2.16. The molecule has 0 aliphatic heterocycles. The zero-order chi connectivity index (χ0) is 18.9. The van der Waals surface area contributed by atoms with Gasteiger partial charge in [0.05, 0.1) is 17.3 Å². The first kappa shape index (κ1) is 17.5. The molecular formula is C18H12F3N3O2. The van der Waals surface area contributed by atoms with Crippen molar-refractivity contribution in [1.29, 1.82) is 5.26 Å². The van der Waals surface area contributed by atoms with Gasteiger partial charge >= 0.3 is 0 Å². The van der Waals surface area contributed by atoms with Crippen LogP contribution in [0.1, 0.15) is 18.4 Å². The Morgan fingerprint density at radius 1 is 0.923 bits per heavy atom. The maximum Gasteiger partial charge on any atom is 0.240 e. The summed E-state index contributed by atoms with van der Waals surface area (Å²) in [6.07, 6.45) is 0.485. The van der Waals surface area contributed by atoms with Crippen LogP contribution in [-0.4, -0.2) is 11.8 Å². The van der Waals surface area contributed by atoms with E-state index in [9.17, 15) is 22.8 Å². The average molecular weight is 359 g/mol. The van der Waals surface area contributed by atoms with Gasteiger partial charge in [-0.25, -0.2) is 13.2 Å². The summed E-state index contributed by atoms with van der Waals surface area (Å²) in [6, 6.07) is 9.55. The standard InChI is InChI=1S/C18H12F3N3O2/c19-12-5-6-13(15(21)14(12)20)24-17(26)18(7-8-18)16(25)23-11-3-1-10(9-22)2-4-11/h1-6H,7-8H2,(H,23,25)(H,24,26). The highest BCUT2D eigenvalue weighted by atomic mass is 19.2. The number of nitriles is 1. The fraction of sp³-hybridized carbons (Fsp3) is 0.167. The monoisotopic (exact) mass is 359 g/mol. The minimum Gasteiger partial charge on any atom is -0.325 e. The molecule has 2 aromatic carbocycles. The van der Waals surface area contributed by atoms with Crippen LogP contribution in [0.15, 0.2) is 36.4 Å². The van der Waals surface area contributed by atoms with Gasteiger partial charge in [-0.2, -0.15) is 5.26 Å². The van der Waals surface area contributed by atoms with Crippen LogP contribution in [0.5, 0.6) is 0 Å². The van der Waals surface area contributed by atoms with Crippen molar-refractivity contribution in [2.24, 2.45) is 5.41 Å². The molecule has 5 nitrogen and oxygen atoms in total. The number of anilines is 2. The molecule has 0 bridgehead atoms. The number of rotatable bonds is 4. The summed E-state index contributed by atoms with van der Waals surface area (Å²) in [5.74, 6) is -5.99. The highest BCUT2D eigenvalue weighted by Crippen LogP contribution is 2.47. The zero-order valence-corrected chi connectivity index (χ0v) is 13.3. The van der Waals surface area contributed by atoms with Crippen molar-refractivity contribution >= 4 is 23.2 Å². The number of hydrogen-bond acceptors (Lipinski definition) is 3. The second kappa shape index (κ2) is 6.52. The second-order valence-corrected chi connectivity index (χ2v) is 5.90. The molecule has 8 heteroatoms. The van der Waals surface area contributed by atoms with Crippen molar-refractivity contribution in [2.75, 3.05) is 10.6 Å². The molecule has 0 atom stereocenters. The van der Waals surface area contributed by atoms with E-state index in [-0.39, 0.29) is 12.8 Å². The lowest BCUT2D eigenvalue weighted by Crippen LogP contribution is -2.36. The van der Waals surface area contributed by atoms with Gasteiger partial charge < -0.3 is 10.6 Å². The molecule has 0 unspecified atom stereocenters. The van der Waals surface area contributed by atoms with Crippen LogP contribution in [0.4, 0.5) is 24.5 Å². The number of hydrogen-bond donors (Lipinski definition) is 2. The summed E-state index contributed by atoms with van der Waals surface area (Å²) in [6.45, 7) is 0. The quantitative estimate of drug-likeness (QED) is 0.649. The van der Waals surface area contributed by atoms with E-state index in [1.807, 2.05) is 6.07 Å². The fourth-order valence-electron chi connectivity index (χ4n) is 2.43. The van der Waals surface area contributed by atoms with Crippen molar-refractivity contribution in [3.63, 3.8) is 0 Å². The minimum absolute atomic E-state index is 0.242. The predicted molar refractivity (Wildman–Crippen MR) is 86.4 cm³/mol. The Hall–Kier alpha value is -3.34. The zero-order valence-electron chi connectivity index (χ0n) is 13.3. The van der Waals surface area contributed by atoms with Crippen molar-refractivity contribution < 1.29 is 22.8 Å². The summed E-state index contributed by atoms with van der Waals surface area (Å²) >= 11 is 0. The topological polar surface area (TPSA) is 82.0 Å². The summed E-state index contributed by atoms with van der Waals surface area (Å²) in [4.78, 5) is 24.8. The van der Waals surface area contributed by atoms with Gasteiger partial charge in [0.1, 0.15) is 5.41 Å². The molecule has 0 heterocycles. The third-order valence-corrected chi connectivity index (χ3v) is 4.17. The summed E-state index contributed by atoms with van der Waals surface area (Å²) < 4.78 is 39.9. The Kier molecular flexibility index (Phi) is 4.38. The average Bonchev–Trinajstić information content (AvgIpc) is 3.45. The van der Waals surface area contributed by atoms with Gasteiger partial charge in [0.15, 0.2) is 17.5 Å². The second-order valence-electron chi connectivity index (χ2n) is 5.90. The molecule has 0 saturated heterocycles. The molecule has 2 N–H and O–H groups in total. The number of halogens is 3. The van der Waals surface area contributed by atoms with Crippen LogP contribution >= 0.6 is 0 Å². The van der Waals surface area contributed by atoms with Gasteiger partial charge in [0.2, 0.25) is 11.8 Å². The molecule has 2 amide bonds. The molecular weight excluding hydrogens is 347 g/mol. The lowest BCUT2D eigenvalue weighted by molar-refractivity contribution is -0.131. The maximum absolute atomic E-state index is 13.7. The molecule has 1 aliphatic rings. The molecule has 1 fully saturated rings. The molecule has 0 aromatic heterocycles. The van der Waals surface area contributed by atoms with Gasteiger partial charge in [-0.15, -0.1) is 0 Å². The molecule has 0 radical (unpaired) electrons. The Morgan fingerprint density at radius 2 is 1.54 bits per heavy atom. The fourth-order valence-corrected chi connectivity index (χ4v) is 2.43. The van der Waals surface area contributed by atoms with E-state index < -0.39 is 40.4 Å². The third kappa shape index (κ3) is 3.11. The number of nitrogens with zero attached hydrogens (tertiary/aromatic N) is 1. The maximum atomic E-state index is 13.7. The van der Waals surface area contributed by atoms with Gasteiger partial charge in [0, 0.05) is 5.69 Å². The smallest absolute Gasteiger partial charge is 0.240 e. The predicted octanol–water partition coefficient (Wildman–Crippen LogP) is 3.33. The van der Waals surface area contributed by atoms with Gasteiger partial charge in [0.25, 0.3) is 0 Å². The molecule has 1 aliphatic carbocycles. The van der Waals surface area contributed by atoms with Crippen LogP contribution in [0.25, 0.3) is 0 Å². The third-order valence-electron chi connectivity index (χ3n) is 4.17. The number of nitrogens with one attached hydrogen (secondary N) is 2. The minimum atomic E-state index is -1.70. The number of carbonyl (C=O) groups is 2. The summed E-state index contributed by atoms with van der Waals surface area (Å²) in [5, 5.41) is 13.5. The number of carbonyl (C=O) groups excluding carboxylic acids is 2. The molecule has 3 rings (SSSR count). The van der Waals surface area contributed by atoms with E-state index in [0.717, 1.165) is 6.07 Å². The molecule has 26 heavy (non-hydrogen) atoms. The van der Waals surface area contributed by atoms with E-state index >= 15 is 0 Å². The van der Waals surface area contributed by atoms with Crippen molar-refractivity contribution in [3.05, 3.63) is 59.4 Å². The highest BCUT2D eigenvalue weighted by Gasteiger charge is 2.56.